The monoisotopic (exact) mass is 344 g/mol. The minimum Gasteiger partial charge on any atom is -0.493 e. The predicted molar refractivity (Wildman–Crippen MR) is 100 cm³/mol. The van der Waals surface area contributed by atoms with Crippen molar-refractivity contribution in [2.24, 2.45) is 0 Å². The zero-order valence-electron chi connectivity index (χ0n) is 15.6. The van der Waals surface area contributed by atoms with Crippen molar-refractivity contribution >= 4 is 0 Å². The molecule has 4 heteroatoms. The highest BCUT2D eigenvalue weighted by atomic mass is 16.5. The highest BCUT2D eigenvalue weighted by molar-refractivity contribution is 5.42. The van der Waals surface area contributed by atoms with Gasteiger partial charge < -0.3 is 18.9 Å². The molecule has 0 atom stereocenters. The molecule has 136 valence electrons. The van der Waals surface area contributed by atoms with Gasteiger partial charge in [0.05, 0.1) is 26.4 Å². The third-order valence-corrected chi connectivity index (χ3v) is 3.58. The van der Waals surface area contributed by atoms with Gasteiger partial charge in [-0.1, -0.05) is 18.2 Å². The van der Waals surface area contributed by atoms with E-state index in [1.807, 2.05) is 63.2 Å². The lowest BCUT2D eigenvalue weighted by Gasteiger charge is -2.15. The number of hydrogen-bond acceptors (Lipinski definition) is 4. The van der Waals surface area contributed by atoms with E-state index in [0.717, 1.165) is 41.4 Å². The molecule has 4 nitrogen and oxygen atoms in total. The zero-order valence-corrected chi connectivity index (χ0v) is 15.6. The Morgan fingerprint density at radius 3 is 2.00 bits per heavy atom. The van der Waals surface area contributed by atoms with Crippen molar-refractivity contribution < 1.29 is 18.9 Å². The molecule has 0 radical (unpaired) electrons. The van der Waals surface area contributed by atoms with Crippen LogP contribution < -0.4 is 18.9 Å². The third-order valence-electron chi connectivity index (χ3n) is 3.58. The van der Waals surface area contributed by atoms with Crippen molar-refractivity contribution in [2.45, 2.75) is 39.7 Å². The zero-order chi connectivity index (χ0) is 18.1. The summed E-state index contributed by atoms with van der Waals surface area (Å²) < 4.78 is 22.7. The summed E-state index contributed by atoms with van der Waals surface area (Å²) in [5.74, 6) is 3.14. The van der Waals surface area contributed by atoms with Gasteiger partial charge in [0, 0.05) is 0 Å². The quantitative estimate of drug-likeness (QED) is 0.567. The van der Waals surface area contributed by atoms with Crippen LogP contribution in [0, 0.1) is 6.92 Å². The van der Waals surface area contributed by atoms with E-state index >= 15 is 0 Å². The molecule has 25 heavy (non-hydrogen) atoms. The molecular weight excluding hydrogens is 316 g/mol. The standard InChI is InChI=1S/C21H28O4/c1-16(2)25-20-10-6-5-9-18(20)23-13-7-8-14-24-19-12-11-17(3)15-21(19)22-4/h5-6,9-12,15-16H,7-8,13-14H2,1-4H3. The maximum absolute atomic E-state index is 5.85. The number of rotatable bonds is 10. The van der Waals surface area contributed by atoms with E-state index in [0.29, 0.717) is 13.2 Å². The maximum Gasteiger partial charge on any atom is 0.161 e. The summed E-state index contributed by atoms with van der Waals surface area (Å²) in [5, 5.41) is 0. The summed E-state index contributed by atoms with van der Waals surface area (Å²) in [7, 11) is 1.66. The number of para-hydroxylation sites is 2. The molecule has 0 aromatic heterocycles. The summed E-state index contributed by atoms with van der Waals surface area (Å²) in [5.41, 5.74) is 1.15. The van der Waals surface area contributed by atoms with E-state index < -0.39 is 0 Å². The Labute approximate surface area is 150 Å². The lowest BCUT2D eigenvalue weighted by Crippen LogP contribution is -2.08. The lowest BCUT2D eigenvalue weighted by molar-refractivity contribution is 0.216. The Morgan fingerprint density at radius 2 is 1.40 bits per heavy atom. The molecule has 2 aromatic rings. The molecule has 2 aromatic carbocycles. The first-order valence-corrected chi connectivity index (χ1v) is 8.76. The number of hydrogen-bond donors (Lipinski definition) is 0. The molecule has 0 aliphatic heterocycles. The first-order chi connectivity index (χ1) is 12.1. The van der Waals surface area contributed by atoms with Crippen molar-refractivity contribution in [3.05, 3.63) is 48.0 Å². The molecule has 0 aliphatic rings. The second-order valence-corrected chi connectivity index (χ2v) is 6.17. The van der Waals surface area contributed by atoms with Crippen LogP contribution >= 0.6 is 0 Å². The SMILES string of the molecule is COc1cc(C)ccc1OCCCCOc1ccccc1OC(C)C. The fraction of sp³-hybridized carbons (Fsp3) is 0.429. The maximum atomic E-state index is 5.85. The van der Waals surface area contributed by atoms with E-state index in [4.69, 9.17) is 18.9 Å². The smallest absolute Gasteiger partial charge is 0.161 e. The van der Waals surface area contributed by atoms with E-state index in [-0.39, 0.29) is 6.10 Å². The molecular formula is C21H28O4. The van der Waals surface area contributed by atoms with Crippen LogP contribution in [0.2, 0.25) is 0 Å². The lowest BCUT2D eigenvalue weighted by atomic mass is 10.2. The highest BCUT2D eigenvalue weighted by Gasteiger charge is 2.06. The molecule has 0 fully saturated rings. The third kappa shape index (κ3) is 6.22. The number of aryl methyl sites for hydroxylation is 1. The number of ether oxygens (including phenoxy) is 4. The Bertz CT molecular complexity index is 652. The average molecular weight is 344 g/mol. The summed E-state index contributed by atoms with van der Waals surface area (Å²) in [6, 6.07) is 13.7. The first kappa shape index (κ1) is 19.0. The summed E-state index contributed by atoms with van der Waals surface area (Å²) in [4.78, 5) is 0. The fourth-order valence-electron chi connectivity index (χ4n) is 2.38. The highest BCUT2D eigenvalue weighted by Crippen LogP contribution is 2.29. The summed E-state index contributed by atoms with van der Waals surface area (Å²) in [6.07, 6.45) is 1.94. The minimum atomic E-state index is 0.127. The van der Waals surface area contributed by atoms with Crippen LogP contribution in [0.1, 0.15) is 32.3 Å². The first-order valence-electron chi connectivity index (χ1n) is 8.76. The van der Waals surface area contributed by atoms with Crippen molar-refractivity contribution in [3.63, 3.8) is 0 Å². The van der Waals surface area contributed by atoms with Crippen LogP contribution in [0.5, 0.6) is 23.0 Å². The molecule has 0 unspecified atom stereocenters. The van der Waals surface area contributed by atoms with Crippen molar-refractivity contribution in [1.29, 1.82) is 0 Å². The molecule has 0 spiro atoms. The van der Waals surface area contributed by atoms with E-state index in [2.05, 4.69) is 0 Å². The van der Waals surface area contributed by atoms with Gasteiger partial charge in [0.2, 0.25) is 0 Å². The van der Waals surface area contributed by atoms with Gasteiger partial charge in [-0.2, -0.15) is 0 Å². The van der Waals surface area contributed by atoms with Gasteiger partial charge in [-0.15, -0.1) is 0 Å². The predicted octanol–water partition coefficient (Wildman–Crippen LogP) is 5.03. The molecule has 0 saturated carbocycles. The number of methoxy groups -OCH3 is 1. The summed E-state index contributed by atoms with van der Waals surface area (Å²) >= 11 is 0. The molecule has 2 rings (SSSR count). The second kappa shape index (κ2) is 9.82. The minimum absolute atomic E-state index is 0.127. The fourth-order valence-corrected chi connectivity index (χ4v) is 2.38. The van der Waals surface area contributed by atoms with Crippen molar-refractivity contribution in [1.82, 2.24) is 0 Å². The summed E-state index contributed by atoms with van der Waals surface area (Å²) in [6.45, 7) is 7.31. The van der Waals surface area contributed by atoms with E-state index in [1.54, 1.807) is 7.11 Å². The van der Waals surface area contributed by atoms with Crippen LogP contribution in [0.25, 0.3) is 0 Å². The Hall–Kier alpha value is -2.36. The van der Waals surface area contributed by atoms with Gasteiger partial charge in [-0.25, -0.2) is 0 Å². The Kier molecular flexibility index (Phi) is 7.45. The average Bonchev–Trinajstić information content (AvgIpc) is 2.59. The van der Waals surface area contributed by atoms with Crippen LogP contribution in [0.3, 0.4) is 0 Å². The Morgan fingerprint density at radius 1 is 0.800 bits per heavy atom. The van der Waals surface area contributed by atoms with Gasteiger partial charge in [0.25, 0.3) is 0 Å². The van der Waals surface area contributed by atoms with Crippen molar-refractivity contribution in [3.8, 4) is 23.0 Å². The normalized spacial score (nSPS) is 10.6. The van der Waals surface area contributed by atoms with Crippen LogP contribution in [-0.4, -0.2) is 26.4 Å². The number of unbranched alkanes of at least 4 members (excludes halogenated alkanes) is 1. The molecule has 0 saturated heterocycles. The Balaban J connectivity index is 1.72. The van der Waals surface area contributed by atoms with Gasteiger partial charge in [0.15, 0.2) is 23.0 Å². The van der Waals surface area contributed by atoms with Gasteiger partial charge in [-0.3, -0.25) is 0 Å². The van der Waals surface area contributed by atoms with Gasteiger partial charge >= 0.3 is 0 Å². The number of benzene rings is 2. The molecule has 0 bridgehead atoms. The molecule has 0 heterocycles. The molecule has 0 amide bonds. The van der Waals surface area contributed by atoms with Crippen LogP contribution in [-0.2, 0) is 0 Å². The van der Waals surface area contributed by atoms with E-state index in [9.17, 15) is 0 Å². The van der Waals surface area contributed by atoms with Gasteiger partial charge in [-0.05, 0) is 63.4 Å². The van der Waals surface area contributed by atoms with E-state index in [1.165, 1.54) is 0 Å². The van der Waals surface area contributed by atoms with Crippen LogP contribution in [0.4, 0.5) is 0 Å². The largest absolute Gasteiger partial charge is 0.493 e. The van der Waals surface area contributed by atoms with Gasteiger partial charge in [0.1, 0.15) is 0 Å². The van der Waals surface area contributed by atoms with Crippen molar-refractivity contribution in [2.75, 3.05) is 20.3 Å². The molecule has 0 aliphatic carbocycles. The molecule has 0 N–H and O–H groups in total. The van der Waals surface area contributed by atoms with Crippen LogP contribution in [0.15, 0.2) is 42.5 Å². The topological polar surface area (TPSA) is 36.9 Å². The second-order valence-electron chi connectivity index (χ2n) is 6.17.